The van der Waals surface area contributed by atoms with Gasteiger partial charge in [-0.3, -0.25) is 37.3 Å². The van der Waals surface area contributed by atoms with E-state index in [4.69, 9.17) is 37.0 Å². The van der Waals surface area contributed by atoms with Crippen molar-refractivity contribution in [2.75, 3.05) is 39.6 Å². The molecule has 0 aromatic heterocycles. The van der Waals surface area contributed by atoms with E-state index in [-0.39, 0.29) is 25.7 Å². The van der Waals surface area contributed by atoms with E-state index in [2.05, 4.69) is 34.6 Å². The number of phosphoric acid groups is 2. The molecule has 3 unspecified atom stereocenters. The first-order valence-electron chi connectivity index (χ1n) is 41.2. The summed E-state index contributed by atoms with van der Waals surface area (Å²) in [6.07, 6.45) is 62.5. The number of hydrogen-bond donors (Lipinski definition) is 3. The molecule has 0 aliphatic carbocycles. The van der Waals surface area contributed by atoms with Gasteiger partial charge in [-0.2, -0.15) is 0 Å². The topological polar surface area (TPSA) is 237 Å². The molecule has 0 radical (unpaired) electrons. The molecule has 0 heterocycles. The summed E-state index contributed by atoms with van der Waals surface area (Å²) in [5.41, 5.74) is 0. The third kappa shape index (κ3) is 71.1. The highest BCUT2D eigenvalue weighted by atomic mass is 31.2. The number of carbonyl (C=O) groups excluding carboxylic acids is 4. The monoisotopic (exact) mass is 1440 g/mol. The molecule has 3 N–H and O–H groups in total. The van der Waals surface area contributed by atoms with Gasteiger partial charge in [0, 0.05) is 25.7 Å². The van der Waals surface area contributed by atoms with Crippen LogP contribution in [-0.2, 0) is 65.4 Å². The van der Waals surface area contributed by atoms with Crippen LogP contribution in [0.1, 0.15) is 420 Å². The van der Waals surface area contributed by atoms with E-state index in [0.29, 0.717) is 25.7 Å². The number of carbonyl (C=O) groups is 4. The molecule has 582 valence electrons. The first-order chi connectivity index (χ1) is 47.6. The van der Waals surface area contributed by atoms with Crippen LogP contribution in [0.5, 0.6) is 0 Å². The lowest BCUT2D eigenvalue weighted by Gasteiger charge is -2.21. The second kappa shape index (κ2) is 72.0. The standard InChI is InChI=1S/C79H154O17P2/c1-6-10-13-16-19-22-25-28-30-32-34-36-38-41-43-46-52-57-62-76(81)89-68-74(95-79(84)65-60-55-48-45-42-39-37-35-33-31-29-26-23-20-17-14-11-7-2)70-93-97(85,86)91-66-73(80)67-92-98(87,88)94-71-75(69-90-77(82)63-58-53-50-49-51-56-61-72(5)9-4)96-78(83)64-59-54-47-44-40-27-24-21-18-15-12-8-3/h72-75,80H,6-71H2,1-5H3,(H,85,86)(H,87,88)/t72?,73-,74-,75-/m1/s1. The molecule has 0 bridgehead atoms. The molecular formula is C79H154O17P2. The van der Waals surface area contributed by atoms with Gasteiger partial charge in [0.1, 0.15) is 19.3 Å². The number of phosphoric ester groups is 2. The van der Waals surface area contributed by atoms with Gasteiger partial charge in [-0.25, -0.2) is 9.13 Å². The van der Waals surface area contributed by atoms with E-state index in [1.165, 1.54) is 238 Å². The highest BCUT2D eigenvalue weighted by molar-refractivity contribution is 7.47. The molecule has 0 rings (SSSR count). The fourth-order valence-electron chi connectivity index (χ4n) is 12.2. The summed E-state index contributed by atoms with van der Waals surface area (Å²) in [6.45, 7) is 7.28. The van der Waals surface area contributed by atoms with E-state index in [1.807, 2.05) is 0 Å². The number of aliphatic hydroxyl groups excluding tert-OH is 1. The smallest absolute Gasteiger partial charge is 0.462 e. The fraction of sp³-hybridized carbons (Fsp3) is 0.949. The van der Waals surface area contributed by atoms with Crippen LogP contribution in [0, 0.1) is 5.92 Å². The third-order valence-corrected chi connectivity index (χ3v) is 20.8. The minimum atomic E-state index is -4.96. The number of aliphatic hydroxyl groups is 1. The number of esters is 4. The van der Waals surface area contributed by atoms with Crippen molar-refractivity contribution in [1.29, 1.82) is 0 Å². The molecule has 0 amide bonds. The van der Waals surface area contributed by atoms with E-state index in [0.717, 1.165) is 102 Å². The normalized spacial score (nSPS) is 14.2. The van der Waals surface area contributed by atoms with Gasteiger partial charge in [0.2, 0.25) is 0 Å². The molecule has 0 aliphatic heterocycles. The number of hydrogen-bond acceptors (Lipinski definition) is 15. The molecule has 6 atom stereocenters. The maximum atomic E-state index is 13.1. The zero-order chi connectivity index (χ0) is 71.9. The molecule has 0 saturated heterocycles. The van der Waals surface area contributed by atoms with Crippen LogP contribution in [0.15, 0.2) is 0 Å². The lowest BCUT2D eigenvalue weighted by atomic mass is 10.00. The van der Waals surface area contributed by atoms with E-state index in [9.17, 15) is 43.2 Å². The van der Waals surface area contributed by atoms with E-state index < -0.39 is 97.5 Å². The van der Waals surface area contributed by atoms with Crippen LogP contribution in [-0.4, -0.2) is 96.7 Å². The summed E-state index contributed by atoms with van der Waals surface area (Å²) in [4.78, 5) is 72.9. The van der Waals surface area contributed by atoms with Crippen LogP contribution in [0.2, 0.25) is 0 Å². The first kappa shape index (κ1) is 96.1. The Morgan fingerprint density at radius 2 is 0.490 bits per heavy atom. The summed E-state index contributed by atoms with van der Waals surface area (Å²) in [5.74, 6) is -1.38. The molecule has 0 spiro atoms. The van der Waals surface area contributed by atoms with Crippen molar-refractivity contribution < 1.29 is 80.2 Å². The van der Waals surface area contributed by atoms with Crippen molar-refractivity contribution in [1.82, 2.24) is 0 Å². The quantitative estimate of drug-likeness (QED) is 0.0222. The van der Waals surface area contributed by atoms with Crippen molar-refractivity contribution in [3.63, 3.8) is 0 Å². The number of unbranched alkanes of at least 4 members (excludes halogenated alkanes) is 50. The van der Waals surface area contributed by atoms with Gasteiger partial charge in [0.15, 0.2) is 12.2 Å². The molecule has 0 aromatic carbocycles. The predicted molar refractivity (Wildman–Crippen MR) is 400 cm³/mol. The summed E-state index contributed by atoms with van der Waals surface area (Å²) in [6, 6.07) is 0. The Bertz CT molecular complexity index is 1880. The highest BCUT2D eigenvalue weighted by Crippen LogP contribution is 2.45. The second-order valence-electron chi connectivity index (χ2n) is 28.7. The van der Waals surface area contributed by atoms with Gasteiger partial charge < -0.3 is 33.8 Å². The summed E-state index contributed by atoms with van der Waals surface area (Å²) in [7, 11) is -9.91. The Kier molecular flexibility index (Phi) is 70.6. The molecule has 17 nitrogen and oxygen atoms in total. The number of ether oxygens (including phenoxy) is 4. The molecule has 0 fully saturated rings. The molecule has 0 aromatic rings. The Morgan fingerprint density at radius 3 is 0.724 bits per heavy atom. The zero-order valence-corrected chi connectivity index (χ0v) is 65.7. The van der Waals surface area contributed by atoms with Gasteiger partial charge in [-0.15, -0.1) is 0 Å². The van der Waals surface area contributed by atoms with Crippen molar-refractivity contribution in [2.24, 2.45) is 5.92 Å². The minimum Gasteiger partial charge on any atom is -0.462 e. The van der Waals surface area contributed by atoms with Gasteiger partial charge >= 0.3 is 39.5 Å². The second-order valence-corrected chi connectivity index (χ2v) is 31.6. The third-order valence-electron chi connectivity index (χ3n) is 18.9. The van der Waals surface area contributed by atoms with Crippen molar-refractivity contribution in [3.05, 3.63) is 0 Å². The van der Waals surface area contributed by atoms with Crippen LogP contribution >= 0.6 is 15.6 Å². The Morgan fingerprint density at radius 1 is 0.286 bits per heavy atom. The van der Waals surface area contributed by atoms with Crippen LogP contribution < -0.4 is 0 Å². The highest BCUT2D eigenvalue weighted by Gasteiger charge is 2.30. The summed E-state index contributed by atoms with van der Waals surface area (Å²) in [5, 5.41) is 10.6. The lowest BCUT2D eigenvalue weighted by Crippen LogP contribution is -2.30. The summed E-state index contributed by atoms with van der Waals surface area (Å²) < 4.78 is 68.6. The van der Waals surface area contributed by atoms with Crippen LogP contribution in [0.4, 0.5) is 0 Å². The maximum Gasteiger partial charge on any atom is 0.472 e. The average Bonchev–Trinajstić information content (AvgIpc) is 1.05. The molecule has 0 saturated carbocycles. The van der Waals surface area contributed by atoms with Gasteiger partial charge in [0.05, 0.1) is 26.4 Å². The van der Waals surface area contributed by atoms with Crippen molar-refractivity contribution in [3.8, 4) is 0 Å². The SMILES string of the molecule is CCCCCCCCCCCCCCCCCCCCC(=O)OC[C@H](COP(=O)(O)OC[C@@H](O)COP(=O)(O)OC[C@@H](COC(=O)CCCCCCCCC(C)CC)OC(=O)CCCCCCCCCCCCCC)OC(=O)CCCCCCCCCCCCCCCCCCCC. The van der Waals surface area contributed by atoms with Gasteiger partial charge in [0.25, 0.3) is 0 Å². The Hall–Kier alpha value is -1.94. The van der Waals surface area contributed by atoms with E-state index in [1.54, 1.807) is 0 Å². The van der Waals surface area contributed by atoms with Crippen molar-refractivity contribution >= 4 is 39.5 Å². The van der Waals surface area contributed by atoms with Crippen LogP contribution in [0.3, 0.4) is 0 Å². The average molecular weight is 1440 g/mol. The first-order valence-corrected chi connectivity index (χ1v) is 44.2. The zero-order valence-electron chi connectivity index (χ0n) is 63.9. The maximum absolute atomic E-state index is 13.1. The largest absolute Gasteiger partial charge is 0.472 e. The summed E-state index contributed by atoms with van der Waals surface area (Å²) >= 11 is 0. The minimum absolute atomic E-state index is 0.107. The Balaban J connectivity index is 5.23. The van der Waals surface area contributed by atoms with E-state index >= 15 is 0 Å². The van der Waals surface area contributed by atoms with Crippen molar-refractivity contribution in [2.45, 2.75) is 438 Å². The van der Waals surface area contributed by atoms with Gasteiger partial charge in [-0.05, 0) is 31.6 Å². The molecule has 19 heteroatoms. The van der Waals surface area contributed by atoms with Crippen LogP contribution in [0.25, 0.3) is 0 Å². The molecule has 0 aliphatic rings. The number of rotatable bonds is 79. The molecular weight excluding hydrogens is 1280 g/mol. The molecule has 98 heavy (non-hydrogen) atoms. The Labute approximate surface area is 600 Å². The lowest BCUT2D eigenvalue weighted by molar-refractivity contribution is -0.161. The predicted octanol–water partition coefficient (Wildman–Crippen LogP) is 23.6. The fourth-order valence-corrected chi connectivity index (χ4v) is 13.8. The van der Waals surface area contributed by atoms with Gasteiger partial charge in [-0.1, -0.05) is 369 Å².